The molecule has 1 unspecified atom stereocenters. The Labute approximate surface area is 93.9 Å². The van der Waals surface area contributed by atoms with Gasteiger partial charge >= 0.3 is 0 Å². The van der Waals surface area contributed by atoms with E-state index in [-0.39, 0.29) is 17.6 Å². The average Bonchev–Trinajstić information content (AvgIpc) is 2.81. The van der Waals surface area contributed by atoms with Crippen LogP contribution < -0.4 is 4.74 Å². The zero-order valence-corrected chi connectivity index (χ0v) is 9.07. The van der Waals surface area contributed by atoms with Crippen LogP contribution in [0.5, 0.6) is 5.75 Å². The standard InChI is InChI=1S/C12H13FNO2/c1-15-12-6-9(3-5-11(12)13)2-4-10-7-16-8-14-10/h3,5-6,10H,2,4,7H2,1H3. The molecular formula is C12H13FNO2. The van der Waals surface area contributed by atoms with Crippen molar-refractivity contribution in [3.8, 4) is 5.75 Å². The lowest BCUT2D eigenvalue weighted by Crippen LogP contribution is -2.07. The predicted octanol–water partition coefficient (Wildman–Crippen LogP) is 2.07. The molecule has 0 N–H and O–H groups in total. The molecule has 1 aliphatic heterocycles. The minimum atomic E-state index is -0.332. The smallest absolute Gasteiger partial charge is 0.273 e. The molecule has 3 nitrogen and oxygen atoms in total. The zero-order chi connectivity index (χ0) is 11.4. The Bertz CT molecular complexity index is 393. The van der Waals surface area contributed by atoms with Gasteiger partial charge in [-0.05, 0) is 30.5 Å². The van der Waals surface area contributed by atoms with Gasteiger partial charge < -0.3 is 9.47 Å². The summed E-state index contributed by atoms with van der Waals surface area (Å²) in [6.45, 7) is 0.596. The lowest BCUT2D eigenvalue weighted by molar-refractivity contribution is 0.322. The molecule has 0 fully saturated rings. The van der Waals surface area contributed by atoms with Crippen molar-refractivity contribution in [2.24, 2.45) is 4.99 Å². The van der Waals surface area contributed by atoms with Gasteiger partial charge in [0, 0.05) is 0 Å². The van der Waals surface area contributed by atoms with Crippen LogP contribution in [-0.4, -0.2) is 26.2 Å². The lowest BCUT2D eigenvalue weighted by Gasteiger charge is -2.07. The molecule has 0 aromatic heterocycles. The topological polar surface area (TPSA) is 30.8 Å². The van der Waals surface area contributed by atoms with Crippen LogP contribution in [0.25, 0.3) is 0 Å². The van der Waals surface area contributed by atoms with Crippen LogP contribution in [0.1, 0.15) is 12.0 Å². The molecule has 1 aromatic rings. The summed E-state index contributed by atoms with van der Waals surface area (Å²) in [6, 6.07) is 5.09. The highest BCUT2D eigenvalue weighted by molar-refractivity contribution is 5.48. The number of benzene rings is 1. The van der Waals surface area contributed by atoms with E-state index in [1.54, 1.807) is 12.1 Å². The Morgan fingerprint density at radius 1 is 1.62 bits per heavy atom. The minimum absolute atomic E-state index is 0.177. The van der Waals surface area contributed by atoms with E-state index in [1.807, 2.05) is 0 Å². The average molecular weight is 222 g/mol. The molecule has 4 heteroatoms. The van der Waals surface area contributed by atoms with Crippen molar-refractivity contribution < 1.29 is 13.9 Å². The lowest BCUT2D eigenvalue weighted by atomic mass is 10.1. The maximum atomic E-state index is 13.1. The molecule has 1 aromatic carbocycles. The van der Waals surface area contributed by atoms with E-state index in [9.17, 15) is 4.39 Å². The summed E-state index contributed by atoms with van der Waals surface area (Å²) in [4.78, 5) is 4.03. The molecule has 16 heavy (non-hydrogen) atoms. The third kappa shape index (κ3) is 2.51. The Kier molecular flexibility index (Phi) is 3.39. The fraction of sp³-hybridized carbons (Fsp3) is 0.417. The number of hydrogen-bond acceptors (Lipinski definition) is 3. The number of halogens is 1. The van der Waals surface area contributed by atoms with Gasteiger partial charge in [-0.2, -0.15) is 0 Å². The maximum absolute atomic E-state index is 13.1. The summed E-state index contributed by atoms with van der Waals surface area (Å²) in [5.74, 6) is -0.0444. The van der Waals surface area contributed by atoms with Crippen LogP contribution in [0.15, 0.2) is 23.2 Å². The van der Waals surface area contributed by atoms with Crippen LogP contribution in [0, 0.1) is 5.82 Å². The molecule has 2 rings (SSSR count). The summed E-state index contributed by atoms with van der Waals surface area (Å²) in [7, 11) is 1.46. The number of aliphatic imine (C=N–C) groups is 1. The van der Waals surface area contributed by atoms with Gasteiger partial charge in [-0.25, -0.2) is 9.38 Å². The first-order valence-corrected chi connectivity index (χ1v) is 5.18. The SMILES string of the molecule is COc1cc(CCC2CO[C]=N2)ccc1F. The Morgan fingerprint density at radius 2 is 2.50 bits per heavy atom. The van der Waals surface area contributed by atoms with E-state index in [4.69, 9.17) is 9.47 Å². The van der Waals surface area contributed by atoms with Gasteiger partial charge in [-0.15, -0.1) is 0 Å². The van der Waals surface area contributed by atoms with Crippen LogP contribution in [0.3, 0.4) is 0 Å². The third-order valence-corrected chi connectivity index (χ3v) is 2.56. The van der Waals surface area contributed by atoms with Crippen molar-refractivity contribution in [2.45, 2.75) is 18.9 Å². The summed E-state index contributed by atoms with van der Waals surface area (Å²) in [5.41, 5.74) is 1.04. The first kappa shape index (κ1) is 10.9. The van der Waals surface area contributed by atoms with Gasteiger partial charge in [0.15, 0.2) is 11.6 Å². The molecule has 0 bridgehead atoms. The van der Waals surface area contributed by atoms with Crippen molar-refractivity contribution in [2.75, 3.05) is 13.7 Å². The second-order valence-corrected chi connectivity index (χ2v) is 3.69. The normalized spacial score (nSPS) is 18.5. The fourth-order valence-corrected chi connectivity index (χ4v) is 1.62. The molecule has 1 atom stereocenters. The van der Waals surface area contributed by atoms with Gasteiger partial charge in [-0.1, -0.05) is 6.07 Å². The molecule has 1 radical (unpaired) electrons. The van der Waals surface area contributed by atoms with Crippen molar-refractivity contribution in [3.05, 3.63) is 29.6 Å². The van der Waals surface area contributed by atoms with E-state index < -0.39 is 0 Å². The number of ether oxygens (including phenoxy) is 2. The minimum Gasteiger partial charge on any atom is -0.494 e. The number of nitrogens with zero attached hydrogens (tertiary/aromatic N) is 1. The number of methoxy groups -OCH3 is 1. The number of hydrogen-bond donors (Lipinski definition) is 0. The molecule has 85 valence electrons. The quantitative estimate of drug-likeness (QED) is 0.780. The predicted molar refractivity (Wildman–Crippen MR) is 58.4 cm³/mol. The van der Waals surface area contributed by atoms with E-state index in [2.05, 4.69) is 11.4 Å². The molecule has 0 aliphatic carbocycles. The zero-order valence-electron chi connectivity index (χ0n) is 9.07. The second-order valence-electron chi connectivity index (χ2n) is 3.69. The van der Waals surface area contributed by atoms with Gasteiger partial charge in [-0.3, -0.25) is 0 Å². The summed E-state index contributed by atoms with van der Waals surface area (Å²) in [5, 5.41) is 0. The highest BCUT2D eigenvalue weighted by Crippen LogP contribution is 2.20. The molecule has 0 saturated carbocycles. The monoisotopic (exact) mass is 222 g/mol. The van der Waals surface area contributed by atoms with Crippen LogP contribution in [0.4, 0.5) is 4.39 Å². The summed E-state index contributed by atoms with van der Waals surface area (Å²) in [6.07, 6.45) is 4.19. The Hall–Kier alpha value is -1.58. The van der Waals surface area contributed by atoms with Gasteiger partial charge in [0.25, 0.3) is 6.40 Å². The first-order chi connectivity index (χ1) is 7.79. The molecule has 1 heterocycles. The van der Waals surface area contributed by atoms with Crippen molar-refractivity contribution in [3.63, 3.8) is 0 Å². The number of aryl methyl sites for hydroxylation is 1. The van der Waals surface area contributed by atoms with Crippen molar-refractivity contribution >= 4 is 6.40 Å². The highest BCUT2D eigenvalue weighted by atomic mass is 19.1. The van der Waals surface area contributed by atoms with Crippen LogP contribution >= 0.6 is 0 Å². The Balaban J connectivity index is 1.96. The van der Waals surface area contributed by atoms with Crippen LogP contribution in [0.2, 0.25) is 0 Å². The summed E-state index contributed by atoms with van der Waals surface area (Å²) >= 11 is 0. The van der Waals surface area contributed by atoms with E-state index in [0.29, 0.717) is 6.61 Å². The van der Waals surface area contributed by atoms with Crippen molar-refractivity contribution in [1.29, 1.82) is 0 Å². The highest BCUT2D eigenvalue weighted by Gasteiger charge is 2.12. The van der Waals surface area contributed by atoms with Crippen LogP contribution in [-0.2, 0) is 11.2 Å². The maximum Gasteiger partial charge on any atom is 0.273 e. The molecule has 0 spiro atoms. The molecule has 0 amide bonds. The van der Waals surface area contributed by atoms with Crippen molar-refractivity contribution in [1.82, 2.24) is 0 Å². The Morgan fingerprint density at radius 3 is 3.19 bits per heavy atom. The molecular weight excluding hydrogens is 209 g/mol. The number of rotatable bonds is 4. The van der Waals surface area contributed by atoms with Gasteiger partial charge in [0.05, 0.1) is 13.2 Å². The van der Waals surface area contributed by atoms with E-state index in [1.165, 1.54) is 13.2 Å². The molecule has 0 saturated heterocycles. The summed E-state index contributed by atoms with van der Waals surface area (Å²) < 4.78 is 23.0. The third-order valence-electron chi connectivity index (χ3n) is 2.56. The van der Waals surface area contributed by atoms with Gasteiger partial charge in [0.1, 0.15) is 6.61 Å². The van der Waals surface area contributed by atoms with Gasteiger partial charge in [0.2, 0.25) is 0 Å². The molecule has 1 aliphatic rings. The van der Waals surface area contributed by atoms with E-state index >= 15 is 0 Å². The largest absolute Gasteiger partial charge is 0.494 e. The first-order valence-electron chi connectivity index (χ1n) is 5.18. The van der Waals surface area contributed by atoms with E-state index in [0.717, 1.165) is 18.4 Å². The fourth-order valence-electron chi connectivity index (χ4n) is 1.62. The second kappa shape index (κ2) is 4.96.